The molecule has 2 N–H and O–H groups in total. The van der Waals surface area contributed by atoms with Crippen LogP contribution in [0.25, 0.3) is 0 Å². The molecule has 2 nitrogen and oxygen atoms in total. The molecule has 16 heavy (non-hydrogen) atoms. The van der Waals surface area contributed by atoms with Gasteiger partial charge in [0.1, 0.15) is 0 Å². The molecule has 1 rings (SSSR count). The van der Waals surface area contributed by atoms with Gasteiger partial charge in [0.15, 0.2) is 0 Å². The van der Waals surface area contributed by atoms with Gasteiger partial charge < -0.3 is 5.73 Å². The first-order chi connectivity index (χ1) is 7.59. The van der Waals surface area contributed by atoms with Crippen LogP contribution in [0.1, 0.15) is 32.6 Å². The van der Waals surface area contributed by atoms with Gasteiger partial charge in [-0.3, -0.25) is 4.90 Å². The Morgan fingerprint density at radius 2 is 2.00 bits per heavy atom. The molecule has 2 heteroatoms. The van der Waals surface area contributed by atoms with E-state index in [0.29, 0.717) is 0 Å². The number of nitrogens with zero attached hydrogens (tertiary/aromatic N) is 1. The summed E-state index contributed by atoms with van der Waals surface area (Å²) in [5, 5.41) is 0. The standard InChI is InChI=1S/C14H26N2/c1-4-9-16(10-5-2)12-14(15)8-6-7-13(3)11-14/h4-5,13H,1-2,6-12,15H2,3H3. The molecular weight excluding hydrogens is 196 g/mol. The quantitative estimate of drug-likeness (QED) is 0.700. The minimum Gasteiger partial charge on any atom is -0.324 e. The van der Waals surface area contributed by atoms with Crippen molar-refractivity contribution in [3.05, 3.63) is 25.3 Å². The van der Waals surface area contributed by atoms with E-state index in [0.717, 1.165) is 38.4 Å². The molecule has 0 heterocycles. The van der Waals surface area contributed by atoms with Crippen LogP contribution in [0.3, 0.4) is 0 Å². The van der Waals surface area contributed by atoms with Crippen molar-refractivity contribution >= 4 is 0 Å². The van der Waals surface area contributed by atoms with Gasteiger partial charge in [-0.1, -0.05) is 31.9 Å². The van der Waals surface area contributed by atoms with Gasteiger partial charge in [-0.25, -0.2) is 0 Å². The molecule has 1 saturated carbocycles. The fourth-order valence-corrected chi connectivity index (χ4v) is 2.86. The summed E-state index contributed by atoms with van der Waals surface area (Å²) in [6, 6.07) is 0. The van der Waals surface area contributed by atoms with Gasteiger partial charge in [0.05, 0.1) is 0 Å². The summed E-state index contributed by atoms with van der Waals surface area (Å²) >= 11 is 0. The molecule has 0 aliphatic heterocycles. The normalized spacial score (nSPS) is 30.3. The zero-order valence-corrected chi connectivity index (χ0v) is 10.6. The Morgan fingerprint density at radius 3 is 2.50 bits per heavy atom. The van der Waals surface area contributed by atoms with Crippen LogP contribution in [0.2, 0.25) is 0 Å². The number of nitrogens with two attached hydrogens (primary N) is 1. The van der Waals surface area contributed by atoms with Crippen molar-refractivity contribution in [1.82, 2.24) is 4.90 Å². The van der Waals surface area contributed by atoms with Crippen molar-refractivity contribution in [2.45, 2.75) is 38.1 Å². The molecule has 2 atom stereocenters. The lowest BCUT2D eigenvalue weighted by atomic mass is 9.77. The third-order valence-corrected chi connectivity index (χ3v) is 3.44. The van der Waals surface area contributed by atoms with Gasteiger partial charge >= 0.3 is 0 Å². The molecule has 1 aliphatic carbocycles. The van der Waals surface area contributed by atoms with E-state index in [1.54, 1.807) is 0 Å². The summed E-state index contributed by atoms with van der Waals surface area (Å²) in [4.78, 5) is 2.33. The predicted molar refractivity (Wildman–Crippen MR) is 71.4 cm³/mol. The molecule has 0 spiro atoms. The average Bonchev–Trinajstić information content (AvgIpc) is 2.17. The van der Waals surface area contributed by atoms with Crippen LogP contribution < -0.4 is 5.73 Å². The summed E-state index contributed by atoms with van der Waals surface area (Å²) < 4.78 is 0. The first-order valence-corrected chi connectivity index (χ1v) is 6.32. The predicted octanol–water partition coefficient (Wildman–Crippen LogP) is 2.57. The third kappa shape index (κ3) is 4.11. The smallest absolute Gasteiger partial charge is 0.0286 e. The molecule has 0 aromatic carbocycles. The van der Waals surface area contributed by atoms with Crippen molar-refractivity contribution in [3.8, 4) is 0 Å². The Labute approximate surface area is 100 Å². The van der Waals surface area contributed by atoms with Crippen LogP contribution in [0.4, 0.5) is 0 Å². The van der Waals surface area contributed by atoms with Gasteiger partial charge in [-0.2, -0.15) is 0 Å². The Kier molecular flexibility index (Phi) is 5.23. The minimum atomic E-state index is 0.00366. The van der Waals surface area contributed by atoms with Crippen LogP contribution in [-0.4, -0.2) is 30.1 Å². The van der Waals surface area contributed by atoms with Crippen LogP contribution >= 0.6 is 0 Å². The zero-order chi connectivity index (χ0) is 12.0. The second kappa shape index (κ2) is 6.21. The highest BCUT2D eigenvalue weighted by Gasteiger charge is 2.32. The molecule has 0 aromatic rings. The van der Waals surface area contributed by atoms with Crippen LogP contribution in [0.5, 0.6) is 0 Å². The van der Waals surface area contributed by atoms with E-state index >= 15 is 0 Å². The molecule has 0 aromatic heterocycles. The number of hydrogen-bond donors (Lipinski definition) is 1. The van der Waals surface area contributed by atoms with E-state index < -0.39 is 0 Å². The average molecular weight is 222 g/mol. The summed E-state index contributed by atoms with van der Waals surface area (Å²) in [7, 11) is 0. The van der Waals surface area contributed by atoms with Crippen molar-refractivity contribution in [3.63, 3.8) is 0 Å². The van der Waals surface area contributed by atoms with Gasteiger partial charge in [0.25, 0.3) is 0 Å². The number of rotatable bonds is 6. The maximum atomic E-state index is 6.50. The molecule has 92 valence electrons. The van der Waals surface area contributed by atoms with Gasteiger partial charge in [-0.05, 0) is 18.8 Å². The minimum absolute atomic E-state index is 0.00366. The van der Waals surface area contributed by atoms with E-state index in [9.17, 15) is 0 Å². The molecule has 0 amide bonds. The molecular formula is C14H26N2. The van der Waals surface area contributed by atoms with Gasteiger partial charge in [0, 0.05) is 25.2 Å². The SMILES string of the molecule is C=CCN(CC=C)CC1(N)CCCC(C)C1. The monoisotopic (exact) mass is 222 g/mol. The first kappa shape index (κ1) is 13.5. The van der Waals surface area contributed by atoms with E-state index in [2.05, 4.69) is 25.0 Å². The molecule has 0 saturated heterocycles. The maximum Gasteiger partial charge on any atom is 0.0286 e. The van der Waals surface area contributed by atoms with E-state index in [-0.39, 0.29) is 5.54 Å². The van der Waals surface area contributed by atoms with Crippen molar-refractivity contribution in [2.24, 2.45) is 11.7 Å². The fourth-order valence-electron chi connectivity index (χ4n) is 2.86. The lowest BCUT2D eigenvalue weighted by molar-refractivity contribution is 0.168. The topological polar surface area (TPSA) is 29.3 Å². The van der Waals surface area contributed by atoms with Crippen molar-refractivity contribution in [2.75, 3.05) is 19.6 Å². The zero-order valence-electron chi connectivity index (χ0n) is 10.6. The molecule has 1 fully saturated rings. The molecule has 2 unspecified atom stereocenters. The second-order valence-electron chi connectivity index (χ2n) is 5.34. The highest BCUT2D eigenvalue weighted by molar-refractivity contribution is 4.94. The fraction of sp³-hybridized carbons (Fsp3) is 0.714. The van der Waals surface area contributed by atoms with Crippen LogP contribution in [0, 0.1) is 5.92 Å². The second-order valence-corrected chi connectivity index (χ2v) is 5.34. The van der Waals surface area contributed by atoms with Gasteiger partial charge in [-0.15, -0.1) is 13.2 Å². The Balaban J connectivity index is 2.53. The first-order valence-electron chi connectivity index (χ1n) is 6.32. The Bertz CT molecular complexity index is 227. The highest BCUT2D eigenvalue weighted by atomic mass is 15.1. The summed E-state index contributed by atoms with van der Waals surface area (Å²) in [6.45, 7) is 12.7. The largest absolute Gasteiger partial charge is 0.324 e. The lowest BCUT2D eigenvalue weighted by Gasteiger charge is -2.40. The highest BCUT2D eigenvalue weighted by Crippen LogP contribution is 2.30. The summed E-state index contributed by atoms with van der Waals surface area (Å²) in [6.07, 6.45) is 8.80. The molecule has 0 radical (unpaired) electrons. The Morgan fingerprint density at radius 1 is 1.38 bits per heavy atom. The van der Waals surface area contributed by atoms with Crippen LogP contribution in [0.15, 0.2) is 25.3 Å². The Hall–Kier alpha value is -0.600. The molecule has 0 bridgehead atoms. The van der Waals surface area contributed by atoms with Crippen molar-refractivity contribution in [1.29, 1.82) is 0 Å². The lowest BCUT2D eigenvalue weighted by Crippen LogP contribution is -2.52. The van der Waals surface area contributed by atoms with E-state index in [1.165, 1.54) is 12.8 Å². The number of hydrogen-bond acceptors (Lipinski definition) is 2. The van der Waals surface area contributed by atoms with Crippen LogP contribution in [-0.2, 0) is 0 Å². The maximum absolute atomic E-state index is 6.50. The third-order valence-electron chi connectivity index (χ3n) is 3.44. The van der Waals surface area contributed by atoms with E-state index in [1.807, 2.05) is 12.2 Å². The van der Waals surface area contributed by atoms with E-state index in [4.69, 9.17) is 5.73 Å². The van der Waals surface area contributed by atoms with Crippen molar-refractivity contribution < 1.29 is 0 Å². The summed E-state index contributed by atoms with van der Waals surface area (Å²) in [5.74, 6) is 0.771. The van der Waals surface area contributed by atoms with Gasteiger partial charge in [0.2, 0.25) is 0 Å². The summed E-state index contributed by atoms with van der Waals surface area (Å²) in [5.41, 5.74) is 6.50. The molecule has 1 aliphatic rings.